The van der Waals surface area contributed by atoms with E-state index in [0.717, 1.165) is 19.3 Å². The number of halogens is 1. The fourth-order valence-electron chi connectivity index (χ4n) is 2.31. The first-order valence-corrected chi connectivity index (χ1v) is 7.86. The van der Waals surface area contributed by atoms with E-state index in [0.29, 0.717) is 6.42 Å². The van der Waals surface area contributed by atoms with Crippen LogP contribution < -0.4 is 5.32 Å². The summed E-state index contributed by atoms with van der Waals surface area (Å²) in [5, 5.41) is 15.7. The van der Waals surface area contributed by atoms with Gasteiger partial charge in [0.05, 0.1) is 11.8 Å². The molecule has 128 valence electrons. The highest BCUT2D eigenvalue weighted by Gasteiger charge is 2.21. The summed E-state index contributed by atoms with van der Waals surface area (Å²) in [5.41, 5.74) is 0.397. The van der Waals surface area contributed by atoms with E-state index in [1.54, 1.807) is 12.1 Å². The summed E-state index contributed by atoms with van der Waals surface area (Å²) in [6.45, 7) is 2.02. The zero-order chi connectivity index (χ0) is 17.5. The van der Waals surface area contributed by atoms with Crippen LogP contribution in [0.2, 0.25) is 0 Å². The van der Waals surface area contributed by atoms with Crippen LogP contribution in [0.1, 0.15) is 43.0 Å². The largest absolute Gasteiger partial charge is 0.480 e. The first-order chi connectivity index (χ1) is 11.5. The van der Waals surface area contributed by atoms with Crippen molar-refractivity contribution < 1.29 is 19.1 Å². The van der Waals surface area contributed by atoms with Crippen molar-refractivity contribution in [3.63, 3.8) is 0 Å². The van der Waals surface area contributed by atoms with Gasteiger partial charge in [-0.3, -0.25) is 4.79 Å². The van der Waals surface area contributed by atoms with Crippen LogP contribution in [0.4, 0.5) is 4.39 Å². The van der Waals surface area contributed by atoms with Gasteiger partial charge in [0.2, 0.25) is 0 Å². The van der Waals surface area contributed by atoms with E-state index in [4.69, 9.17) is 0 Å². The van der Waals surface area contributed by atoms with E-state index in [2.05, 4.69) is 10.4 Å². The molecule has 0 radical (unpaired) electrons. The first kappa shape index (κ1) is 17.7. The Morgan fingerprint density at radius 2 is 2.08 bits per heavy atom. The molecule has 0 unspecified atom stereocenters. The fourth-order valence-corrected chi connectivity index (χ4v) is 2.31. The molecular weight excluding hydrogens is 313 g/mol. The van der Waals surface area contributed by atoms with Gasteiger partial charge in [-0.05, 0) is 18.6 Å². The number of carboxylic acids is 1. The number of carboxylic acid groups (broad SMARTS) is 1. The molecule has 0 bridgehead atoms. The van der Waals surface area contributed by atoms with Crippen molar-refractivity contribution in [3.05, 3.63) is 48.0 Å². The molecule has 0 aliphatic rings. The second-order valence-electron chi connectivity index (χ2n) is 5.49. The average Bonchev–Trinajstić information content (AvgIpc) is 3.04. The lowest BCUT2D eigenvalue weighted by atomic mass is 10.1. The zero-order valence-corrected chi connectivity index (χ0v) is 13.4. The molecule has 0 fully saturated rings. The number of aromatic nitrogens is 2. The lowest BCUT2D eigenvalue weighted by Gasteiger charge is -2.13. The molecule has 2 aromatic rings. The number of hydrogen-bond acceptors (Lipinski definition) is 3. The van der Waals surface area contributed by atoms with Crippen molar-refractivity contribution in [2.45, 2.75) is 38.6 Å². The fraction of sp³-hybridized carbons (Fsp3) is 0.353. The monoisotopic (exact) mass is 333 g/mol. The Hall–Kier alpha value is -2.70. The molecule has 0 saturated heterocycles. The lowest BCUT2D eigenvalue weighted by Crippen LogP contribution is -2.40. The van der Waals surface area contributed by atoms with Crippen LogP contribution in [0.3, 0.4) is 0 Å². The van der Waals surface area contributed by atoms with Gasteiger partial charge in [0.25, 0.3) is 5.91 Å². The first-order valence-electron chi connectivity index (χ1n) is 7.86. The van der Waals surface area contributed by atoms with Crippen molar-refractivity contribution in [2.24, 2.45) is 0 Å². The molecule has 2 N–H and O–H groups in total. The number of aliphatic carboxylic acids is 1. The molecule has 1 atom stereocenters. The molecule has 0 saturated carbocycles. The molecule has 1 amide bonds. The summed E-state index contributed by atoms with van der Waals surface area (Å²) >= 11 is 0. The molecule has 24 heavy (non-hydrogen) atoms. The van der Waals surface area contributed by atoms with Gasteiger partial charge in [-0.15, -0.1) is 0 Å². The topological polar surface area (TPSA) is 84.2 Å². The third-order valence-electron chi connectivity index (χ3n) is 3.64. The number of benzene rings is 1. The van der Waals surface area contributed by atoms with Crippen molar-refractivity contribution in [2.75, 3.05) is 0 Å². The maximum atomic E-state index is 13.7. The number of carbonyl (C=O) groups is 2. The van der Waals surface area contributed by atoms with Crippen LogP contribution in [0, 0.1) is 5.82 Å². The predicted molar refractivity (Wildman–Crippen MR) is 86.6 cm³/mol. The maximum Gasteiger partial charge on any atom is 0.326 e. The van der Waals surface area contributed by atoms with Gasteiger partial charge < -0.3 is 10.4 Å². The Labute approximate surface area is 139 Å². The summed E-state index contributed by atoms with van der Waals surface area (Å²) < 4.78 is 15.0. The quantitative estimate of drug-likeness (QED) is 0.728. The molecule has 0 spiro atoms. The third kappa shape index (κ3) is 4.41. The minimum absolute atomic E-state index is 0.181. The summed E-state index contributed by atoms with van der Waals surface area (Å²) in [6, 6.07) is 5.11. The molecule has 6 nitrogen and oxygen atoms in total. The SMILES string of the molecule is CCCCC[C@@H](NC(=O)c1cnn(-c2ccccc2F)c1)C(=O)O. The molecule has 1 heterocycles. The van der Waals surface area contributed by atoms with Gasteiger partial charge >= 0.3 is 5.97 Å². The standard InChI is InChI=1S/C17H20FN3O3/c1-2-3-4-8-14(17(23)24)20-16(22)12-10-19-21(11-12)15-9-6-5-7-13(15)18/h5-7,9-11,14H,2-4,8H2,1H3,(H,20,22)(H,23,24)/t14-/m1/s1. The highest BCUT2D eigenvalue weighted by Crippen LogP contribution is 2.13. The van der Waals surface area contributed by atoms with Crippen LogP contribution in [0.5, 0.6) is 0 Å². The Kier molecular flexibility index (Phi) is 6.06. The Morgan fingerprint density at radius 3 is 2.75 bits per heavy atom. The minimum atomic E-state index is -1.07. The third-order valence-corrected chi connectivity index (χ3v) is 3.64. The number of nitrogens with one attached hydrogen (secondary N) is 1. The highest BCUT2D eigenvalue weighted by molar-refractivity contribution is 5.96. The van der Waals surface area contributed by atoms with Gasteiger partial charge in [0, 0.05) is 6.20 Å². The average molecular weight is 333 g/mol. The molecule has 0 aliphatic carbocycles. The summed E-state index contributed by atoms with van der Waals surface area (Å²) in [5.74, 6) is -2.07. The number of nitrogens with zero attached hydrogens (tertiary/aromatic N) is 2. The minimum Gasteiger partial charge on any atom is -0.480 e. The molecule has 1 aromatic carbocycles. The number of hydrogen-bond donors (Lipinski definition) is 2. The summed E-state index contributed by atoms with van der Waals surface area (Å²) in [6.07, 6.45) is 5.63. The van der Waals surface area contributed by atoms with Gasteiger partial charge in [0.1, 0.15) is 17.5 Å². The van der Waals surface area contributed by atoms with Gasteiger partial charge in [-0.1, -0.05) is 38.3 Å². The van der Waals surface area contributed by atoms with Gasteiger partial charge in [-0.2, -0.15) is 5.10 Å². The normalized spacial score (nSPS) is 11.9. The van der Waals surface area contributed by atoms with E-state index >= 15 is 0 Å². The molecule has 0 aliphatic heterocycles. The molecule has 1 aromatic heterocycles. The number of rotatable bonds is 8. The Morgan fingerprint density at radius 1 is 1.33 bits per heavy atom. The predicted octanol–water partition coefficient (Wildman–Crippen LogP) is 2.77. The summed E-state index contributed by atoms with van der Waals surface area (Å²) in [4.78, 5) is 23.4. The van der Waals surface area contributed by atoms with Crippen LogP contribution in [0.15, 0.2) is 36.7 Å². The number of amides is 1. The van der Waals surface area contributed by atoms with Crippen molar-refractivity contribution in [3.8, 4) is 5.69 Å². The summed E-state index contributed by atoms with van der Waals surface area (Å²) in [7, 11) is 0. The smallest absolute Gasteiger partial charge is 0.326 e. The molecule has 7 heteroatoms. The maximum absolute atomic E-state index is 13.7. The Balaban J connectivity index is 2.07. The van der Waals surface area contributed by atoms with Crippen LogP contribution in [-0.4, -0.2) is 32.8 Å². The lowest BCUT2D eigenvalue weighted by molar-refractivity contribution is -0.139. The zero-order valence-electron chi connectivity index (χ0n) is 13.4. The van der Waals surface area contributed by atoms with Crippen LogP contribution in [-0.2, 0) is 4.79 Å². The second kappa shape index (κ2) is 8.24. The number of unbranched alkanes of at least 4 members (excludes halogenated alkanes) is 2. The van der Waals surface area contributed by atoms with Crippen LogP contribution in [0.25, 0.3) is 5.69 Å². The van der Waals surface area contributed by atoms with Gasteiger partial charge in [-0.25, -0.2) is 13.9 Å². The van der Waals surface area contributed by atoms with E-state index in [1.807, 2.05) is 6.92 Å². The van der Waals surface area contributed by atoms with Crippen LogP contribution >= 0.6 is 0 Å². The van der Waals surface area contributed by atoms with E-state index in [1.165, 1.54) is 29.2 Å². The molecular formula is C17H20FN3O3. The van der Waals surface area contributed by atoms with Gasteiger partial charge in [0.15, 0.2) is 0 Å². The highest BCUT2D eigenvalue weighted by atomic mass is 19.1. The number of para-hydroxylation sites is 1. The van der Waals surface area contributed by atoms with E-state index in [-0.39, 0.29) is 11.3 Å². The van der Waals surface area contributed by atoms with Crippen molar-refractivity contribution >= 4 is 11.9 Å². The van der Waals surface area contributed by atoms with E-state index in [9.17, 15) is 19.1 Å². The van der Waals surface area contributed by atoms with Crippen molar-refractivity contribution in [1.29, 1.82) is 0 Å². The molecule has 2 rings (SSSR count). The second-order valence-corrected chi connectivity index (χ2v) is 5.49. The van der Waals surface area contributed by atoms with Crippen molar-refractivity contribution in [1.82, 2.24) is 15.1 Å². The number of carbonyl (C=O) groups excluding carboxylic acids is 1. The van der Waals surface area contributed by atoms with E-state index < -0.39 is 23.7 Å². The Bertz CT molecular complexity index is 715.